The molecule has 1 aliphatic rings. The van der Waals surface area contributed by atoms with Crippen LogP contribution in [0.2, 0.25) is 0 Å². The van der Waals surface area contributed by atoms with Gasteiger partial charge in [-0.3, -0.25) is 14.1 Å². The molecule has 0 bridgehead atoms. The van der Waals surface area contributed by atoms with Crippen LogP contribution < -0.4 is 0 Å². The second-order valence-corrected chi connectivity index (χ2v) is 7.37. The molecule has 0 radical (unpaired) electrons. The van der Waals surface area contributed by atoms with E-state index in [-0.39, 0.29) is 5.91 Å². The first kappa shape index (κ1) is 17.0. The molecule has 1 aromatic carbocycles. The Balaban J connectivity index is 1.24. The Hall–Kier alpha value is -2.44. The average Bonchev–Trinajstić information content (AvgIpc) is 3.25. The smallest absolute Gasteiger partial charge is 0.228 e. The van der Waals surface area contributed by atoms with Gasteiger partial charge in [0.15, 0.2) is 4.96 Å². The van der Waals surface area contributed by atoms with Crippen molar-refractivity contribution in [2.75, 3.05) is 32.7 Å². The predicted octanol–water partition coefficient (Wildman–Crippen LogP) is 2.80. The molecule has 6 heteroatoms. The minimum atomic E-state index is 0.176. The number of benzene rings is 1. The molecule has 1 amide bonds. The lowest BCUT2D eigenvalue weighted by atomic mass is 10.2. The van der Waals surface area contributed by atoms with Crippen LogP contribution in [-0.4, -0.2) is 57.8 Å². The number of carbonyl (C=O) groups is 1. The quantitative estimate of drug-likeness (QED) is 0.697. The van der Waals surface area contributed by atoms with Crippen LogP contribution in [-0.2, 0) is 11.2 Å². The Kier molecular flexibility index (Phi) is 5.13. The maximum atomic E-state index is 12.5. The minimum Gasteiger partial charge on any atom is -0.340 e. The average molecular weight is 366 g/mol. The van der Waals surface area contributed by atoms with Crippen molar-refractivity contribution < 1.29 is 4.79 Å². The third-order valence-electron chi connectivity index (χ3n) is 4.67. The number of hydrogen-bond acceptors (Lipinski definition) is 4. The molecular weight excluding hydrogens is 344 g/mol. The molecule has 4 rings (SSSR count). The van der Waals surface area contributed by atoms with Gasteiger partial charge >= 0.3 is 0 Å². The maximum Gasteiger partial charge on any atom is 0.228 e. The first-order valence-electron chi connectivity index (χ1n) is 8.91. The number of hydrogen-bond donors (Lipinski definition) is 0. The molecule has 2 aromatic heterocycles. The number of piperazine rings is 1. The van der Waals surface area contributed by atoms with Crippen LogP contribution in [0.1, 0.15) is 11.3 Å². The van der Waals surface area contributed by atoms with Crippen molar-refractivity contribution in [3.05, 3.63) is 65.4 Å². The normalized spacial score (nSPS) is 15.9. The van der Waals surface area contributed by atoms with Crippen LogP contribution in [0, 0.1) is 0 Å². The van der Waals surface area contributed by atoms with Crippen molar-refractivity contribution in [2.45, 2.75) is 6.42 Å². The van der Waals surface area contributed by atoms with Gasteiger partial charge in [0.25, 0.3) is 0 Å². The highest BCUT2D eigenvalue weighted by molar-refractivity contribution is 7.15. The largest absolute Gasteiger partial charge is 0.340 e. The fourth-order valence-corrected chi connectivity index (χ4v) is 3.93. The van der Waals surface area contributed by atoms with Crippen LogP contribution in [0.25, 0.3) is 11.0 Å². The van der Waals surface area contributed by atoms with Crippen molar-refractivity contribution in [3.8, 4) is 0 Å². The lowest BCUT2D eigenvalue weighted by Gasteiger charge is -2.34. The molecule has 0 N–H and O–H groups in total. The van der Waals surface area contributed by atoms with E-state index >= 15 is 0 Å². The molecule has 0 spiro atoms. The molecule has 5 nitrogen and oxygen atoms in total. The summed E-state index contributed by atoms with van der Waals surface area (Å²) < 4.78 is 1.98. The summed E-state index contributed by atoms with van der Waals surface area (Å²) in [6.07, 6.45) is 8.67. The molecule has 26 heavy (non-hydrogen) atoms. The fraction of sp³-hybridized carbons (Fsp3) is 0.300. The monoisotopic (exact) mass is 366 g/mol. The first-order valence-corrected chi connectivity index (χ1v) is 9.79. The molecule has 0 saturated carbocycles. The molecule has 0 aliphatic carbocycles. The molecule has 0 unspecified atom stereocenters. The van der Waals surface area contributed by atoms with Gasteiger partial charge in [-0.15, -0.1) is 11.3 Å². The number of imidazole rings is 1. The van der Waals surface area contributed by atoms with Crippen molar-refractivity contribution in [1.29, 1.82) is 0 Å². The molecular formula is C20H22N4OS. The summed E-state index contributed by atoms with van der Waals surface area (Å²) in [6, 6.07) is 10.3. The summed E-state index contributed by atoms with van der Waals surface area (Å²) in [5.74, 6) is 0.176. The van der Waals surface area contributed by atoms with Crippen molar-refractivity contribution in [3.63, 3.8) is 0 Å². The van der Waals surface area contributed by atoms with E-state index in [1.54, 1.807) is 11.3 Å². The van der Waals surface area contributed by atoms with E-state index in [1.165, 1.54) is 5.56 Å². The van der Waals surface area contributed by atoms with Gasteiger partial charge in [0.2, 0.25) is 5.91 Å². The zero-order valence-corrected chi connectivity index (χ0v) is 15.4. The highest BCUT2D eigenvalue weighted by Gasteiger charge is 2.21. The number of thiazole rings is 1. The zero-order chi connectivity index (χ0) is 17.8. The fourth-order valence-electron chi connectivity index (χ4n) is 3.21. The molecule has 134 valence electrons. The van der Waals surface area contributed by atoms with E-state index in [0.717, 1.165) is 43.4 Å². The van der Waals surface area contributed by atoms with Gasteiger partial charge in [-0.25, -0.2) is 4.98 Å². The van der Waals surface area contributed by atoms with Crippen molar-refractivity contribution in [1.82, 2.24) is 19.2 Å². The Morgan fingerprint density at radius 3 is 2.73 bits per heavy atom. The predicted molar refractivity (Wildman–Crippen MR) is 105 cm³/mol. The molecule has 3 aromatic rings. The molecule has 1 saturated heterocycles. The van der Waals surface area contributed by atoms with Crippen LogP contribution >= 0.6 is 11.3 Å². The van der Waals surface area contributed by atoms with E-state index in [0.29, 0.717) is 6.42 Å². The number of amides is 1. The highest BCUT2D eigenvalue weighted by Crippen LogP contribution is 2.13. The van der Waals surface area contributed by atoms with E-state index in [1.807, 2.05) is 45.3 Å². The lowest BCUT2D eigenvalue weighted by molar-refractivity contribution is -0.132. The molecule has 1 aliphatic heterocycles. The van der Waals surface area contributed by atoms with Crippen molar-refractivity contribution in [2.24, 2.45) is 0 Å². The van der Waals surface area contributed by atoms with E-state index in [2.05, 4.69) is 34.2 Å². The van der Waals surface area contributed by atoms with E-state index in [4.69, 9.17) is 0 Å². The second-order valence-electron chi connectivity index (χ2n) is 6.50. The van der Waals surface area contributed by atoms with Crippen LogP contribution in [0.15, 0.2) is 54.2 Å². The van der Waals surface area contributed by atoms with Gasteiger partial charge in [-0.2, -0.15) is 0 Å². The van der Waals surface area contributed by atoms with Crippen LogP contribution in [0.4, 0.5) is 0 Å². The number of rotatable bonds is 5. The summed E-state index contributed by atoms with van der Waals surface area (Å²) in [4.78, 5) is 22.3. The summed E-state index contributed by atoms with van der Waals surface area (Å²) in [5, 5.41) is 2.00. The highest BCUT2D eigenvalue weighted by atomic mass is 32.1. The van der Waals surface area contributed by atoms with Gasteiger partial charge in [0.05, 0.1) is 12.1 Å². The second kappa shape index (κ2) is 7.85. The Labute approximate surface area is 157 Å². The number of carbonyl (C=O) groups excluding carboxylic acids is 1. The first-order chi connectivity index (χ1) is 12.8. The summed E-state index contributed by atoms with van der Waals surface area (Å²) in [7, 11) is 0. The van der Waals surface area contributed by atoms with Gasteiger partial charge in [-0.1, -0.05) is 42.5 Å². The van der Waals surface area contributed by atoms with Gasteiger partial charge in [0, 0.05) is 50.5 Å². The Morgan fingerprint density at radius 2 is 1.96 bits per heavy atom. The summed E-state index contributed by atoms with van der Waals surface area (Å²) in [6.45, 7) is 4.35. The van der Waals surface area contributed by atoms with Crippen LogP contribution in [0.5, 0.6) is 0 Å². The summed E-state index contributed by atoms with van der Waals surface area (Å²) in [5.41, 5.74) is 2.08. The Bertz CT molecular complexity index is 862. The maximum absolute atomic E-state index is 12.5. The third kappa shape index (κ3) is 4.03. The lowest BCUT2D eigenvalue weighted by Crippen LogP contribution is -2.49. The Morgan fingerprint density at radius 1 is 1.15 bits per heavy atom. The zero-order valence-electron chi connectivity index (χ0n) is 14.6. The minimum absolute atomic E-state index is 0.176. The number of fused-ring (bicyclic) bond motifs is 1. The van der Waals surface area contributed by atoms with Gasteiger partial charge < -0.3 is 4.90 Å². The van der Waals surface area contributed by atoms with Gasteiger partial charge in [0.1, 0.15) is 0 Å². The number of nitrogens with zero attached hydrogens (tertiary/aromatic N) is 4. The summed E-state index contributed by atoms with van der Waals surface area (Å²) >= 11 is 1.59. The van der Waals surface area contributed by atoms with E-state index < -0.39 is 0 Å². The molecule has 1 fully saturated rings. The van der Waals surface area contributed by atoms with Crippen molar-refractivity contribution >= 4 is 28.3 Å². The molecule has 0 atom stereocenters. The van der Waals surface area contributed by atoms with E-state index in [9.17, 15) is 4.79 Å². The standard InChI is InChI=1S/C20H22N4OS/c25-19(15-18-16-24-13-14-26-20(24)21-18)23-11-9-22(10-12-23)8-4-7-17-5-2-1-3-6-17/h1-7,13-14,16H,8-12,15H2/b7-4+. The molecule has 3 heterocycles. The SMILES string of the molecule is O=C(Cc1cn2ccsc2n1)N1CCN(C/C=C/c2ccccc2)CC1. The third-order valence-corrected chi connectivity index (χ3v) is 5.44. The van der Waals surface area contributed by atoms with Gasteiger partial charge in [-0.05, 0) is 5.56 Å². The van der Waals surface area contributed by atoms with Crippen LogP contribution in [0.3, 0.4) is 0 Å². The topological polar surface area (TPSA) is 40.9 Å². The number of aromatic nitrogens is 2.